The molecular formula is C15H23NO2. The molecule has 3 rings (SSSR count). The second kappa shape index (κ2) is 5.45. The lowest BCUT2D eigenvalue weighted by molar-refractivity contribution is 0.0546. The summed E-state index contributed by atoms with van der Waals surface area (Å²) in [7, 11) is 0. The van der Waals surface area contributed by atoms with Crippen molar-refractivity contribution in [3.8, 4) is 0 Å². The summed E-state index contributed by atoms with van der Waals surface area (Å²) in [4.78, 5) is 0. The molecule has 1 aliphatic carbocycles. The molecule has 18 heavy (non-hydrogen) atoms. The Hall–Kier alpha value is -0.800. The van der Waals surface area contributed by atoms with Gasteiger partial charge in [-0.25, -0.2) is 0 Å². The first kappa shape index (κ1) is 12.2. The van der Waals surface area contributed by atoms with E-state index in [0.717, 1.165) is 38.0 Å². The third-order valence-electron chi connectivity index (χ3n) is 4.14. The Kier molecular flexibility index (Phi) is 3.71. The molecule has 2 aliphatic rings. The summed E-state index contributed by atoms with van der Waals surface area (Å²) in [5, 5.41) is 3.48. The van der Waals surface area contributed by atoms with Gasteiger partial charge in [0.05, 0.1) is 13.2 Å². The maximum absolute atomic E-state index is 5.87. The summed E-state index contributed by atoms with van der Waals surface area (Å²) < 4.78 is 11.4. The lowest BCUT2D eigenvalue weighted by atomic mass is 10.0. The predicted molar refractivity (Wildman–Crippen MR) is 70.5 cm³/mol. The molecule has 1 N–H and O–H groups in total. The van der Waals surface area contributed by atoms with Crippen molar-refractivity contribution in [1.29, 1.82) is 0 Å². The predicted octanol–water partition coefficient (Wildman–Crippen LogP) is 2.92. The standard InChI is InChI=1S/C15H23NO2/c1-11-7-14(11)15-5-4-13(18-15)9-16-8-12-3-2-6-17-10-12/h4-5,11-12,14,16H,2-3,6-10H2,1H3. The SMILES string of the molecule is CC1CC1c1ccc(CNCC2CCCOC2)o1. The number of furan rings is 1. The van der Waals surface area contributed by atoms with Gasteiger partial charge in [-0.2, -0.15) is 0 Å². The first-order valence-electron chi connectivity index (χ1n) is 7.20. The molecule has 2 heterocycles. The summed E-state index contributed by atoms with van der Waals surface area (Å²) in [5.41, 5.74) is 0. The lowest BCUT2D eigenvalue weighted by Crippen LogP contribution is -2.28. The molecule has 3 nitrogen and oxygen atoms in total. The normalized spacial score (nSPS) is 31.5. The van der Waals surface area contributed by atoms with E-state index in [9.17, 15) is 0 Å². The van der Waals surface area contributed by atoms with Gasteiger partial charge in [-0.3, -0.25) is 0 Å². The highest BCUT2D eigenvalue weighted by molar-refractivity contribution is 5.17. The zero-order chi connectivity index (χ0) is 12.4. The van der Waals surface area contributed by atoms with Gasteiger partial charge in [0, 0.05) is 19.1 Å². The third-order valence-corrected chi connectivity index (χ3v) is 4.14. The molecule has 0 radical (unpaired) electrons. The third kappa shape index (κ3) is 2.96. The monoisotopic (exact) mass is 249 g/mol. The van der Waals surface area contributed by atoms with Crippen LogP contribution in [-0.2, 0) is 11.3 Å². The summed E-state index contributed by atoms with van der Waals surface area (Å²) in [6, 6.07) is 4.26. The second-order valence-corrected chi connectivity index (χ2v) is 5.84. The molecule has 3 unspecified atom stereocenters. The molecule has 0 aromatic carbocycles. The molecule has 1 aromatic rings. The van der Waals surface area contributed by atoms with Crippen LogP contribution in [-0.4, -0.2) is 19.8 Å². The Morgan fingerprint density at radius 2 is 2.28 bits per heavy atom. The highest BCUT2D eigenvalue weighted by Crippen LogP contribution is 2.47. The molecule has 1 aliphatic heterocycles. The van der Waals surface area contributed by atoms with E-state index < -0.39 is 0 Å². The Labute approximate surface area is 109 Å². The second-order valence-electron chi connectivity index (χ2n) is 5.84. The molecule has 3 atom stereocenters. The Bertz CT molecular complexity index is 382. The fourth-order valence-corrected chi connectivity index (χ4v) is 2.78. The maximum atomic E-state index is 5.87. The van der Waals surface area contributed by atoms with Crippen molar-refractivity contribution < 1.29 is 9.15 Å². The number of ether oxygens (including phenoxy) is 1. The largest absolute Gasteiger partial charge is 0.464 e. The zero-order valence-corrected chi connectivity index (χ0v) is 11.2. The van der Waals surface area contributed by atoms with Crippen LogP contribution in [0.1, 0.15) is 43.6 Å². The summed E-state index contributed by atoms with van der Waals surface area (Å²) in [6.45, 7) is 6.02. The van der Waals surface area contributed by atoms with Crippen molar-refractivity contribution in [2.75, 3.05) is 19.8 Å². The van der Waals surface area contributed by atoms with E-state index in [1.807, 2.05) is 0 Å². The van der Waals surface area contributed by atoms with Gasteiger partial charge in [0.2, 0.25) is 0 Å². The molecule has 3 heteroatoms. The van der Waals surface area contributed by atoms with Crippen LogP contribution in [0.25, 0.3) is 0 Å². The summed E-state index contributed by atoms with van der Waals surface area (Å²) >= 11 is 0. The van der Waals surface area contributed by atoms with Gasteiger partial charge < -0.3 is 14.5 Å². The molecule has 0 spiro atoms. The minimum atomic E-state index is 0.677. The van der Waals surface area contributed by atoms with Crippen molar-refractivity contribution in [2.45, 2.75) is 38.6 Å². The van der Waals surface area contributed by atoms with Crippen molar-refractivity contribution in [3.05, 3.63) is 23.7 Å². The highest BCUT2D eigenvalue weighted by atomic mass is 16.5. The molecule has 0 bridgehead atoms. The van der Waals surface area contributed by atoms with Gasteiger partial charge in [0.1, 0.15) is 11.5 Å². The molecule has 2 fully saturated rings. The minimum absolute atomic E-state index is 0.677. The van der Waals surface area contributed by atoms with Crippen molar-refractivity contribution in [3.63, 3.8) is 0 Å². The molecular weight excluding hydrogens is 226 g/mol. The number of nitrogens with one attached hydrogen (secondary N) is 1. The summed E-state index contributed by atoms with van der Waals surface area (Å²) in [6.07, 6.45) is 3.78. The Balaban J connectivity index is 1.41. The molecule has 1 aromatic heterocycles. The van der Waals surface area contributed by atoms with Crippen LogP contribution in [0.5, 0.6) is 0 Å². The number of hydrogen-bond donors (Lipinski definition) is 1. The van der Waals surface area contributed by atoms with Crippen LogP contribution >= 0.6 is 0 Å². The average Bonchev–Trinajstić information content (AvgIpc) is 2.94. The van der Waals surface area contributed by atoms with Crippen LogP contribution in [0.4, 0.5) is 0 Å². The van der Waals surface area contributed by atoms with E-state index in [1.54, 1.807) is 0 Å². The van der Waals surface area contributed by atoms with E-state index in [0.29, 0.717) is 11.8 Å². The molecule has 1 saturated carbocycles. The van der Waals surface area contributed by atoms with Crippen LogP contribution in [0.15, 0.2) is 16.5 Å². The summed E-state index contributed by atoms with van der Waals surface area (Å²) in [5.74, 6) is 4.43. The van der Waals surface area contributed by atoms with E-state index >= 15 is 0 Å². The fraction of sp³-hybridized carbons (Fsp3) is 0.733. The van der Waals surface area contributed by atoms with Crippen LogP contribution in [0.2, 0.25) is 0 Å². The zero-order valence-electron chi connectivity index (χ0n) is 11.2. The van der Waals surface area contributed by atoms with Crippen LogP contribution in [0, 0.1) is 11.8 Å². The average molecular weight is 249 g/mol. The molecule has 0 amide bonds. The Morgan fingerprint density at radius 3 is 3.00 bits per heavy atom. The van der Waals surface area contributed by atoms with Gasteiger partial charge in [-0.15, -0.1) is 0 Å². The lowest BCUT2D eigenvalue weighted by Gasteiger charge is -2.21. The quantitative estimate of drug-likeness (QED) is 0.871. The van der Waals surface area contributed by atoms with Crippen LogP contribution in [0.3, 0.4) is 0 Å². The van der Waals surface area contributed by atoms with Gasteiger partial charge in [-0.1, -0.05) is 6.92 Å². The number of rotatable bonds is 5. The first-order chi connectivity index (χ1) is 8.83. The van der Waals surface area contributed by atoms with Gasteiger partial charge in [-0.05, 0) is 43.2 Å². The van der Waals surface area contributed by atoms with Gasteiger partial charge in [0.15, 0.2) is 0 Å². The van der Waals surface area contributed by atoms with Gasteiger partial charge in [0.25, 0.3) is 0 Å². The minimum Gasteiger partial charge on any atom is -0.464 e. The van der Waals surface area contributed by atoms with Crippen LogP contribution < -0.4 is 5.32 Å². The van der Waals surface area contributed by atoms with Crippen molar-refractivity contribution >= 4 is 0 Å². The Morgan fingerprint density at radius 1 is 1.39 bits per heavy atom. The molecule has 100 valence electrons. The van der Waals surface area contributed by atoms with Gasteiger partial charge >= 0.3 is 0 Å². The van der Waals surface area contributed by atoms with E-state index in [4.69, 9.17) is 9.15 Å². The van der Waals surface area contributed by atoms with E-state index in [-0.39, 0.29) is 0 Å². The highest BCUT2D eigenvalue weighted by Gasteiger charge is 2.36. The molecule has 1 saturated heterocycles. The van der Waals surface area contributed by atoms with E-state index in [1.165, 1.54) is 25.0 Å². The number of hydrogen-bond acceptors (Lipinski definition) is 3. The van der Waals surface area contributed by atoms with Crippen molar-refractivity contribution in [2.24, 2.45) is 11.8 Å². The first-order valence-corrected chi connectivity index (χ1v) is 7.20. The van der Waals surface area contributed by atoms with E-state index in [2.05, 4.69) is 24.4 Å². The smallest absolute Gasteiger partial charge is 0.117 e. The topological polar surface area (TPSA) is 34.4 Å². The fourth-order valence-electron chi connectivity index (χ4n) is 2.78. The maximum Gasteiger partial charge on any atom is 0.117 e. The van der Waals surface area contributed by atoms with Crippen molar-refractivity contribution in [1.82, 2.24) is 5.32 Å².